The molecule has 0 atom stereocenters. The van der Waals surface area contributed by atoms with Crippen LogP contribution < -0.4 is 5.32 Å². The monoisotopic (exact) mass is 407 g/mol. The number of halogens is 1. The lowest BCUT2D eigenvalue weighted by atomic mass is 10.1. The van der Waals surface area contributed by atoms with Crippen LogP contribution in [0, 0.1) is 0 Å². The van der Waals surface area contributed by atoms with Gasteiger partial charge in [-0.15, -0.1) is 11.8 Å². The van der Waals surface area contributed by atoms with Crippen LogP contribution in [0.15, 0.2) is 72.8 Å². The molecule has 0 spiro atoms. The molecule has 0 bridgehead atoms. The van der Waals surface area contributed by atoms with Gasteiger partial charge in [-0.05, 0) is 42.0 Å². The molecule has 1 aromatic heterocycles. The second-order valence-electron chi connectivity index (χ2n) is 6.32. The number of imidazole rings is 1. The van der Waals surface area contributed by atoms with Crippen LogP contribution in [0.2, 0.25) is 5.02 Å². The summed E-state index contributed by atoms with van der Waals surface area (Å²) in [5.74, 6) is 1.83. The van der Waals surface area contributed by atoms with Gasteiger partial charge in [-0.1, -0.05) is 48.0 Å². The highest BCUT2D eigenvalue weighted by molar-refractivity contribution is 7.99. The molecule has 0 aliphatic heterocycles. The van der Waals surface area contributed by atoms with Gasteiger partial charge in [0.25, 0.3) is 0 Å². The first-order valence-corrected chi connectivity index (χ1v) is 10.4. The van der Waals surface area contributed by atoms with Crippen LogP contribution in [0.1, 0.15) is 5.56 Å². The molecule has 1 amide bonds. The molecule has 3 aromatic carbocycles. The number of carbonyl (C=O) groups excluding carboxylic acids is 1. The Morgan fingerprint density at radius 2 is 1.75 bits per heavy atom. The largest absolute Gasteiger partial charge is 0.338 e. The van der Waals surface area contributed by atoms with E-state index >= 15 is 0 Å². The zero-order chi connectivity index (χ0) is 19.3. The Morgan fingerprint density at radius 1 is 1.00 bits per heavy atom. The lowest BCUT2D eigenvalue weighted by molar-refractivity contribution is -0.113. The minimum atomic E-state index is -0.0393. The van der Waals surface area contributed by atoms with Crippen LogP contribution in [0.5, 0.6) is 0 Å². The normalized spacial score (nSPS) is 10.9. The van der Waals surface area contributed by atoms with Crippen molar-refractivity contribution in [2.24, 2.45) is 0 Å². The summed E-state index contributed by atoms with van der Waals surface area (Å²) < 4.78 is 0. The number of anilines is 1. The number of hydrogen-bond acceptors (Lipinski definition) is 3. The minimum Gasteiger partial charge on any atom is -0.338 e. The van der Waals surface area contributed by atoms with Gasteiger partial charge in [0.2, 0.25) is 5.91 Å². The molecule has 0 aliphatic rings. The highest BCUT2D eigenvalue weighted by Crippen LogP contribution is 2.27. The van der Waals surface area contributed by atoms with Gasteiger partial charge in [-0.25, -0.2) is 4.98 Å². The Morgan fingerprint density at radius 3 is 2.57 bits per heavy atom. The van der Waals surface area contributed by atoms with E-state index in [0.29, 0.717) is 10.8 Å². The number of aromatic amines is 1. The van der Waals surface area contributed by atoms with Gasteiger partial charge in [-0.3, -0.25) is 4.79 Å². The number of aromatic nitrogens is 2. The Hall–Kier alpha value is -2.76. The zero-order valence-electron chi connectivity index (χ0n) is 15.0. The van der Waals surface area contributed by atoms with E-state index in [9.17, 15) is 4.79 Å². The Balaban J connectivity index is 1.43. The predicted molar refractivity (Wildman–Crippen MR) is 118 cm³/mol. The summed E-state index contributed by atoms with van der Waals surface area (Å²) in [5, 5.41) is 3.72. The van der Waals surface area contributed by atoms with E-state index in [1.807, 2.05) is 72.8 Å². The molecule has 140 valence electrons. The third kappa shape index (κ3) is 4.38. The molecule has 0 aliphatic carbocycles. The first-order valence-electron chi connectivity index (χ1n) is 8.85. The molecule has 28 heavy (non-hydrogen) atoms. The molecule has 4 rings (SSSR count). The predicted octanol–water partition coefficient (Wildman–Crippen LogP) is 5.76. The maximum atomic E-state index is 12.4. The van der Waals surface area contributed by atoms with Crippen LogP contribution in [-0.2, 0) is 10.5 Å². The molecule has 4 aromatic rings. The number of H-pyrrole nitrogens is 1. The second kappa shape index (κ2) is 8.50. The molecule has 0 saturated carbocycles. The molecule has 0 saturated heterocycles. The van der Waals surface area contributed by atoms with Crippen molar-refractivity contribution in [1.82, 2.24) is 9.97 Å². The average molecular weight is 408 g/mol. The topological polar surface area (TPSA) is 57.8 Å². The van der Waals surface area contributed by atoms with Gasteiger partial charge in [0.05, 0.1) is 22.5 Å². The summed E-state index contributed by atoms with van der Waals surface area (Å²) in [4.78, 5) is 20.4. The number of para-hydroxylation sites is 3. The third-order valence-corrected chi connectivity index (χ3v) is 5.52. The first-order chi connectivity index (χ1) is 13.7. The summed E-state index contributed by atoms with van der Waals surface area (Å²) in [6.07, 6.45) is 0. The van der Waals surface area contributed by atoms with Crippen LogP contribution in [0.25, 0.3) is 22.4 Å². The number of fused-ring (bicyclic) bond motifs is 1. The number of hydrogen-bond donors (Lipinski definition) is 2. The second-order valence-corrected chi connectivity index (χ2v) is 7.74. The van der Waals surface area contributed by atoms with E-state index in [4.69, 9.17) is 11.6 Å². The number of benzene rings is 3. The van der Waals surface area contributed by atoms with Crippen LogP contribution in [-0.4, -0.2) is 21.6 Å². The van der Waals surface area contributed by atoms with Crippen LogP contribution >= 0.6 is 23.4 Å². The Kier molecular flexibility index (Phi) is 5.65. The maximum absolute atomic E-state index is 12.4. The lowest BCUT2D eigenvalue weighted by Crippen LogP contribution is -2.15. The molecule has 2 N–H and O–H groups in total. The average Bonchev–Trinajstić information content (AvgIpc) is 3.14. The van der Waals surface area contributed by atoms with E-state index in [1.54, 1.807) is 11.8 Å². The number of rotatable bonds is 6. The number of carbonyl (C=O) groups is 1. The van der Waals surface area contributed by atoms with Crippen molar-refractivity contribution in [2.45, 2.75) is 5.75 Å². The van der Waals surface area contributed by atoms with Gasteiger partial charge in [0, 0.05) is 16.3 Å². The summed E-state index contributed by atoms with van der Waals surface area (Å²) in [6, 6.07) is 23.2. The number of thioether (sulfide) groups is 1. The van der Waals surface area contributed by atoms with Crippen molar-refractivity contribution in [1.29, 1.82) is 0 Å². The quantitative estimate of drug-likeness (QED) is 0.427. The fourth-order valence-electron chi connectivity index (χ4n) is 2.91. The number of amides is 1. The number of nitrogens with zero attached hydrogens (tertiary/aromatic N) is 1. The summed E-state index contributed by atoms with van der Waals surface area (Å²) in [7, 11) is 0. The summed E-state index contributed by atoms with van der Waals surface area (Å²) in [6.45, 7) is 0. The highest BCUT2D eigenvalue weighted by Gasteiger charge is 2.12. The van der Waals surface area contributed by atoms with E-state index in [0.717, 1.165) is 39.4 Å². The smallest absolute Gasteiger partial charge is 0.234 e. The molecular weight excluding hydrogens is 390 g/mol. The van der Waals surface area contributed by atoms with Crippen LogP contribution in [0.3, 0.4) is 0 Å². The SMILES string of the molecule is O=C(CSCc1ccc(Cl)cc1)Nc1ccccc1-c1nc2ccccc2[nH]1. The third-order valence-electron chi connectivity index (χ3n) is 4.26. The molecular formula is C22H18ClN3OS. The van der Waals surface area contributed by atoms with E-state index in [1.165, 1.54) is 0 Å². The van der Waals surface area contributed by atoms with Gasteiger partial charge in [0.1, 0.15) is 5.82 Å². The molecule has 4 nitrogen and oxygen atoms in total. The summed E-state index contributed by atoms with van der Waals surface area (Å²) >= 11 is 7.47. The van der Waals surface area contributed by atoms with Gasteiger partial charge < -0.3 is 10.3 Å². The van der Waals surface area contributed by atoms with Gasteiger partial charge in [-0.2, -0.15) is 0 Å². The van der Waals surface area contributed by atoms with Gasteiger partial charge in [0.15, 0.2) is 0 Å². The fraction of sp³-hybridized carbons (Fsp3) is 0.0909. The van der Waals surface area contributed by atoms with E-state index in [-0.39, 0.29) is 5.91 Å². The maximum Gasteiger partial charge on any atom is 0.234 e. The van der Waals surface area contributed by atoms with Crippen molar-refractivity contribution in [2.75, 3.05) is 11.1 Å². The number of nitrogens with one attached hydrogen (secondary N) is 2. The molecule has 6 heteroatoms. The molecule has 0 fully saturated rings. The Labute approximate surface area is 172 Å². The van der Waals surface area contributed by atoms with Crippen LogP contribution in [0.4, 0.5) is 5.69 Å². The minimum absolute atomic E-state index is 0.0393. The van der Waals surface area contributed by atoms with Crippen molar-refractivity contribution in [3.8, 4) is 11.4 Å². The van der Waals surface area contributed by atoms with Gasteiger partial charge >= 0.3 is 0 Å². The summed E-state index contributed by atoms with van der Waals surface area (Å²) in [5.41, 5.74) is 4.63. The first kappa shape index (κ1) is 18.6. The fourth-order valence-corrected chi connectivity index (χ4v) is 3.82. The van der Waals surface area contributed by atoms with Crippen molar-refractivity contribution in [3.05, 3.63) is 83.4 Å². The molecule has 0 unspecified atom stereocenters. The Bertz CT molecular complexity index is 1080. The lowest BCUT2D eigenvalue weighted by Gasteiger charge is -2.09. The molecule has 0 radical (unpaired) electrons. The standard InChI is InChI=1S/C22H18ClN3OS/c23-16-11-9-15(10-12-16)13-28-14-21(27)24-18-6-2-1-5-17(18)22-25-19-7-3-4-8-20(19)26-22/h1-12H,13-14H2,(H,24,27)(H,25,26). The van der Waals surface area contributed by atoms with E-state index in [2.05, 4.69) is 15.3 Å². The van der Waals surface area contributed by atoms with E-state index < -0.39 is 0 Å². The van der Waals surface area contributed by atoms with Crippen molar-refractivity contribution in [3.63, 3.8) is 0 Å². The van der Waals surface area contributed by atoms with Crippen molar-refractivity contribution < 1.29 is 4.79 Å². The highest BCUT2D eigenvalue weighted by atomic mass is 35.5. The molecule has 1 heterocycles. The van der Waals surface area contributed by atoms with Crippen molar-refractivity contribution >= 4 is 46.0 Å². The zero-order valence-corrected chi connectivity index (χ0v) is 16.6.